The SMILES string of the molecule is N#Cc1ccc(Cn2ccnc(Cl)c2=O)c(F)c1. The summed E-state index contributed by atoms with van der Waals surface area (Å²) >= 11 is 5.59. The van der Waals surface area contributed by atoms with Crippen LogP contribution in [0, 0.1) is 17.1 Å². The van der Waals surface area contributed by atoms with Gasteiger partial charge in [0.2, 0.25) is 0 Å². The standard InChI is InChI=1S/C12H7ClFN3O/c13-11-12(18)17(4-3-16-11)7-9-2-1-8(6-15)5-10(9)14/h1-5H,7H2. The largest absolute Gasteiger partial charge is 0.307 e. The average Bonchev–Trinajstić information content (AvgIpc) is 2.37. The average molecular weight is 264 g/mol. The summed E-state index contributed by atoms with van der Waals surface area (Å²) in [5, 5.41) is 8.46. The minimum absolute atomic E-state index is 0.0403. The molecule has 2 rings (SSSR count). The molecule has 0 aliphatic rings. The van der Waals surface area contributed by atoms with E-state index in [1.54, 1.807) is 0 Å². The van der Waals surface area contributed by atoms with Crippen molar-refractivity contribution in [2.75, 3.05) is 0 Å². The van der Waals surface area contributed by atoms with Crippen molar-refractivity contribution in [2.45, 2.75) is 6.54 Å². The second kappa shape index (κ2) is 4.98. The molecular weight excluding hydrogens is 257 g/mol. The molecule has 0 N–H and O–H groups in total. The van der Waals surface area contributed by atoms with Gasteiger partial charge in [-0.05, 0) is 12.1 Å². The van der Waals surface area contributed by atoms with Crippen LogP contribution < -0.4 is 5.56 Å². The Morgan fingerprint density at radius 3 is 2.94 bits per heavy atom. The van der Waals surface area contributed by atoms with E-state index >= 15 is 0 Å². The molecule has 0 saturated carbocycles. The molecule has 1 aromatic heterocycles. The molecule has 1 heterocycles. The number of nitriles is 1. The number of hydrogen-bond donors (Lipinski definition) is 0. The zero-order chi connectivity index (χ0) is 13.1. The van der Waals surface area contributed by atoms with Crippen LogP contribution in [0.15, 0.2) is 35.4 Å². The first-order valence-electron chi connectivity index (χ1n) is 5.01. The van der Waals surface area contributed by atoms with Gasteiger partial charge in [0, 0.05) is 18.0 Å². The normalized spacial score (nSPS) is 10.1. The predicted octanol–water partition coefficient (Wildman–Crippen LogP) is 1.96. The van der Waals surface area contributed by atoms with Crippen molar-refractivity contribution in [2.24, 2.45) is 0 Å². The van der Waals surface area contributed by atoms with E-state index in [4.69, 9.17) is 16.9 Å². The van der Waals surface area contributed by atoms with Gasteiger partial charge in [-0.1, -0.05) is 17.7 Å². The zero-order valence-electron chi connectivity index (χ0n) is 9.10. The summed E-state index contributed by atoms with van der Waals surface area (Å²) in [6.07, 6.45) is 2.79. The molecule has 90 valence electrons. The second-order valence-corrected chi connectivity index (χ2v) is 3.93. The van der Waals surface area contributed by atoms with E-state index in [1.807, 2.05) is 6.07 Å². The molecule has 1 aromatic carbocycles. The highest BCUT2D eigenvalue weighted by molar-refractivity contribution is 6.29. The van der Waals surface area contributed by atoms with Crippen molar-refractivity contribution >= 4 is 11.6 Å². The maximum atomic E-state index is 13.6. The van der Waals surface area contributed by atoms with Gasteiger partial charge in [0.15, 0.2) is 5.15 Å². The summed E-state index contributed by atoms with van der Waals surface area (Å²) in [7, 11) is 0. The molecule has 0 atom stereocenters. The van der Waals surface area contributed by atoms with Crippen LogP contribution in [0.25, 0.3) is 0 Å². The van der Waals surface area contributed by atoms with Crippen molar-refractivity contribution in [1.82, 2.24) is 9.55 Å². The molecule has 0 spiro atoms. The number of aromatic nitrogens is 2. The van der Waals surface area contributed by atoms with Gasteiger partial charge in [0.05, 0.1) is 18.2 Å². The molecule has 6 heteroatoms. The highest BCUT2D eigenvalue weighted by Crippen LogP contribution is 2.11. The highest BCUT2D eigenvalue weighted by Gasteiger charge is 2.07. The minimum atomic E-state index is -0.533. The second-order valence-electron chi connectivity index (χ2n) is 3.57. The van der Waals surface area contributed by atoms with Gasteiger partial charge in [-0.25, -0.2) is 9.37 Å². The maximum absolute atomic E-state index is 13.6. The molecule has 0 amide bonds. The first-order valence-corrected chi connectivity index (χ1v) is 5.39. The Balaban J connectivity index is 2.38. The summed E-state index contributed by atoms with van der Waals surface area (Å²) in [6.45, 7) is 0.0403. The zero-order valence-corrected chi connectivity index (χ0v) is 9.86. The lowest BCUT2D eigenvalue weighted by atomic mass is 10.1. The third-order valence-electron chi connectivity index (χ3n) is 2.39. The summed E-state index contributed by atoms with van der Waals surface area (Å²) in [5.41, 5.74) is 0.0534. The Morgan fingerprint density at radius 1 is 1.50 bits per heavy atom. The van der Waals surface area contributed by atoms with Gasteiger partial charge in [-0.3, -0.25) is 4.79 Å². The molecule has 0 aliphatic heterocycles. The van der Waals surface area contributed by atoms with Crippen LogP contribution >= 0.6 is 11.6 Å². The molecule has 18 heavy (non-hydrogen) atoms. The third kappa shape index (κ3) is 2.39. The van der Waals surface area contributed by atoms with E-state index in [0.29, 0.717) is 5.56 Å². The van der Waals surface area contributed by atoms with Gasteiger partial charge < -0.3 is 4.57 Å². The lowest BCUT2D eigenvalue weighted by Crippen LogP contribution is -2.21. The van der Waals surface area contributed by atoms with Crippen molar-refractivity contribution in [3.05, 3.63) is 63.0 Å². The Morgan fingerprint density at radius 2 is 2.28 bits per heavy atom. The third-order valence-corrected chi connectivity index (χ3v) is 2.65. The van der Waals surface area contributed by atoms with Gasteiger partial charge in [0.1, 0.15) is 5.82 Å². The van der Waals surface area contributed by atoms with Crippen LogP contribution in [0.4, 0.5) is 4.39 Å². The molecule has 0 radical (unpaired) electrons. The smallest absolute Gasteiger partial charge is 0.288 e. The molecule has 0 bridgehead atoms. The highest BCUT2D eigenvalue weighted by atomic mass is 35.5. The van der Waals surface area contributed by atoms with Crippen LogP contribution in [-0.4, -0.2) is 9.55 Å². The van der Waals surface area contributed by atoms with Crippen LogP contribution in [0.1, 0.15) is 11.1 Å². The van der Waals surface area contributed by atoms with Gasteiger partial charge in [-0.15, -0.1) is 0 Å². The van der Waals surface area contributed by atoms with Gasteiger partial charge >= 0.3 is 0 Å². The summed E-state index contributed by atoms with van der Waals surface area (Å²) in [5.74, 6) is -0.533. The van der Waals surface area contributed by atoms with E-state index in [9.17, 15) is 9.18 Å². The lowest BCUT2D eigenvalue weighted by Gasteiger charge is -2.06. The van der Waals surface area contributed by atoms with Gasteiger partial charge in [0.25, 0.3) is 5.56 Å². The number of nitrogens with zero attached hydrogens (tertiary/aromatic N) is 3. The van der Waals surface area contributed by atoms with Crippen LogP contribution in [0.5, 0.6) is 0 Å². The Labute approximate surface area is 107 Å². The predicted molar refractivity (Wildman–Crippen MR) is 63.7 cm³/mol. The van der Waals surface area contributed by atoms with E-state index in [-0.39, 0.29) is 17.3 Å². The monoisotopic (exact) mass is 263 g/mol. The fourth-order valence-electron chi connectivity index (χ4n) is 1.47. The summed E-state index contributed by atoms with van der Waals surface area (Å²) < 4.78 is 14.9. The van der Waals surface area contributed by atoms with Crippen molar-refractivity contribution in [1.29, 1.82) is 5.26 Å². The Bertz CT molecular complexity index is 690. The lowest BCUT2D eigenvalue weighted by molar-refractivity contribution is 0.595. The fraction of sp³-hybridized carbons (Fsp3) is 0.0833. The van der Waals surface area contributed by atoms with Crippen LogP contribution in [0.3, 0.4) is 0 Å². The first-order chi connectivity index (χ1) is 8.61. The van der Waals surface area contributed by atoms with Crippen molar-refractivity contribution in [3.8, 4) is 6.07 Å². The van der Waals surface area contributed by atoms with E-state index in [0.717, 1.165) is 6.07 Å². The topological polar surface area (TPSA) is 58.7 Å². The van der Waals surface area contributed by atoms with Crippen molar-refractivity contribution in [3.63, 3.8) is 0 Å². The van der Waals surface area contributed by atoms with Gasteiger partial charge in [-0.2, -0.15) is 5.26 Å². The first kappa shape index (κ1) is 12.3. The van der Waals surface area contributed by atoms with Crippen molar-refractivity contribution < 1.29 is 4.39 Å². The Kier molecular flexibility index (Phi) is 3.40. The molecule has 0 aliphatic carbocycles. The number of hydrogen-bond acceptors (Lipinski definition) is 3. The fourth-order valence-corrected chi connectivity index (χ4v) is 1.64. The molecule has 2 aromatic rings. The Hall–Kier alpha value is -2.19. The molecule has 0 saturated heterocycles. The number of rotatable bonds is 2. The molecular formula is C12H7ClFN3O. The van der Waals surface area contributed by atoms with E-state index in [1.165, 1.54) is 29.1 Å². The number of halogens is 2. The summed E-state index contributed by atoms with van der Waals surface area (Å²) in [6, 6.07) is 5.93. The minimum Gasteiger partial charge on any atom is -0.307 e. The van der Waals surface area contributed by atoms with E-state index in [2.05, 4.69) is 4.98 Å². The van der Waals surface area contributed by atoms with E-state index < -0.39 is 11.4 Å². The summed E-state index contributed by atoms with van der Waals surface area (Å²) in [4.78, 5) is 15.2. The number of benzene rings is 1. The van der Waals surface area contributed by atoms with Crippen LogP contribution in [0.2, 0.25) is 5.15 Å². The molecule has 4 nitrogen and oxygen atoms in total. The molecule has 0 fully saturated rings. The quantitative estimate of drug-likeness (QED) is 0.832. The molecule has 0 unspecified atom stereocenters. The maximum Gasteiger partial charge on any atom is 0.288 e. The van der Waals surface area contributed by atoms with Crippen LogP contribution in [-0.2, 0) is 6.54 Å².